The molecule has 134 valence electrons. The zero-order valence-corrected chi connectivity index (χ0v) is 16.8. The van der Waals surface area contributed by atoms with Gasteiger partial charge in [-0.1, -0.05) is 44.2 Å². The summed E-state index contributed by atoms with van der Waals surface area (Å²) in [5, 5.41) is 8.63. The molecule has 0 aromatic heterocycles. The van der Waals surface area contributed by atoms with Crippen molar-refractivity contribution >= 4 is 51.3 Å². The van der Waals surface area contributed by atoms with Gasteiger partial charge in [0.2, 0.25) is 0 Å². The first-order chi connectivity index (χ1) is 11.4. The van der Waals surface area contributed by atoms with Crippen LogP contribution in [0.1, 0.15) is 44.1 Å². The Morgan fingerprint density at radius 1 is 1.08 bits per heavy atom. The zero-order chi connectivity index (χ0) is 17.8. The lowest BCUT2D eigenvalue weighted by molar-refractivity contribution is -0.131. The van der Waals surface area contributed by atoms with Crippen LogP contribution in [-0.2, 0) is 4.79 Å². The van der Waals surface area contributed by atoms with Gasteiger partial charge >= 0.3 is 12.0 Å². The molecule has 1 N–H and O–H groups in total. The quantitative estimate of drug-likeness (QED) is 0.195. The largest absolute Gasteiger partial charge is 0.494 e. The van der Waals surface area contributed by atoms with E-state index in [-0.39, 0.29) is 0 Å². The molecule has 0 bridgehead atoms. The van der Waals surface area contributed by atoms with Crippen LogP contribution in [0, 0.1) is 0 Å². The molecular weight excluding hydrogens is 387 g/mol. The van der Waals surface area contributed by atoms with E-state index in [0.29, 0.717) is 6.61 Å². The van der Waals surface area contributed by atoms with Gasteiger partial charge in [-0.25, -0.2) is 4.79 Å². The zero-order valence-electron chi connectivity index (χ0n) is 13.5. The lowest BCUT2D eigenvalue weighted by Crippen LogP contribution is -2.07. The van der Waals surface area contributed by atoms with Gasteiger partial charge < -0.3 is 9.84 Å². The number of halogens is 3. The number of hydrogen-bond acceptors (Lipinski definition) is 2. The standard InChI is InChI=1S/C17H23Cl3O3Si/c18-24(19,20)13-6-4-2-1-3-5-12-23-16-9-7-8-15(14-16)10-11-17(21)22/h7-11,14H,1-6,12-13H2,(H,21,22). The fourth-order valence-electron chi connectivity index (χ4n) is 2.20. The molecular formula is C17H23Cl3O3Si. The second kappa shape index (κ2) is 11.8. The van der Waals surface area contributed by atoms with Gasteiger partial charge in [0.1, 0.15) is 5.75 Å². The minimum atomic E-state index is -2.43. The number of carbonyl (C=O) groups is 1. The molecule has 0 amide bonds. The summed E-state index contributed by atoms with van der Waals surface area (Å²) in [5.74, 6) is -0.201. The van der Waals surface area contributed by atoms with Crippen LogP contribution in [0.15, 0.2) is 30.3 Å². The van der Waals surface area contributed by atoms with E-state index in [1.165, 1.54) is 0 Å². The summed E-state index contributed by atoms with van der Waals surface area (Å²) in [7, 11) is 0. The van der Waals surface area contributed by atoms with Crippen LogP contribution in [0.4, 0.5) is 0 Å². The number of benzene rings is 1. The Kier molecular flexibility index (Phi) is 10.5. The summed E-state index contributed by atoms with van der Waals surface area (Å²) in [6.45, 7) is 0.660. The average Bonchev–Trinajstić information content (AvgIpc) is 2.50. The predicted octanol–water partition coefficient (Wildman–Crippen LogP) is 6.16. The molecule has 24 heavy (non-hydrogen) atoms. The second-order valence-electron chi connectivity index (χ2n) is 5.58. The van der Waals surface area contributed by atoms with Crippen molar-refractivity contribution in [2.24, 2.45) is 0 Å². The lowest BCUT2D eigenvalue weighted by atomic mass is 10.1. The molecule has 0 aliphatic carbocycles. The molecule has 0 unspecified atom stereocenters. The van der Waals surface area contributed by atoms with Gasteiger partial charge in [-0.05, 0) is 36.2 Å². The molecule has 0 saturated carbocycles. The summed E-state index contributed by atoms with van der Waals surface area (Å²) in [5.41, 5.74) is 0.812. The van der Waals surface area contributed by atoms with Crippen LogP contribution >= 0.6 is 33.2 Å². The van der Waals surface area contributed by atoms with E-state index >= 15 is 0 Å². The number of unbranched alkanes of at least 4 members (excludes halogenated alkanes) is 5. The van der Waals surface area contributed by atoms with Gasteiger partial charge in [-0.15, -0.1) is 33.2 Å². The molecule has 0 aliphatic heterocycles. The molecule has 0 heterocycles. The molecule has 1 aromatic carbocycles. The van der Waals surface area contributed by atoms with Crippen LogP contribution in [0.2, 0.25) is 6.04 Å². The highest BCUT2D eigenvalue weighted by atomic mass is 35.8. The first-order valence-corrected chi connectivity index (χ1v) is 13.3. The molecule has 0 aliphatic rings. The second-order valence-corrected chi connectivity index (χ2v) is 14.9. The van der Waals surface area contributed by atoms with Gasteiger partial charge in [0.05, 0.1) is 6.61 Å². The number of hydrogen-bond donors (Lipinski definition) is 1. The minimum absolute atomic E-state index is 0.660. The van der Waals surface area contributed by atoms with E-state index < -0.39 is 12.0 Å². The van der Waals surface area contributed by atoms with Crippen molar-refractivity contribution < 1.29 is 14.6 Å². The van der Waals surface area contributed by atoms with Gasteiger partial charge in [0, 0.05) is 6.08 Å². The number of aliphatic carboxylic acids is 1. The van der Waals surface area contributed by atoms with E-state index in [1.807, 2.05) is 24.3 Å². The van der Waals surface area contributed by atoms with Crippen molar-refractivity contribution in [3.05, 3.63) is 35.9 Å². The minimum Gasteiger partial charge on any atom is -0.494 e. The first kappa shape index (κ1) is 21.4. The Hall–Kier alpha value is -0.683. The van der Waals surface area contributed by atoms with Crippen molar-refractivity contribution in [3.63, 3.8) is 0 Å². The van der Waals surface area contributed by atoms with Gasteiger partial charge in [-0.2, -0.15) is 0 Å². The van der Waals surface area contributed by atoms with E-state index in [4.69, 9.17) is 43.1 Å². The lowest BCUT2D eigenvalue weighted by Gasteiger charge is -2.08. The SMILES string of the molecule is O=C(O)C=Cc1cccc(OCCCCCCCC[Si](Cl)(Cl)Cl)c1. The maximum absolute atomic E-state index is 10.5. The maximum atomic E-state index is 10.5. The van der Waals surface area contributed by atoms with Crippen LogP contribution < -0.4 is 4.74 Å². The molecule has 0 saturated heterocycles. The van der Waals surface area contributed by atoms with E-state index in [9.17, 15) is 4.79 Å². The number of carboxylic acid groups (broad SMARTS) is 1. The smallest absolute Gasteiger partial charge is 0.341 e. The molecule has 0 fully saturated rings. The summed E-state index contributed by atoms with van der Waals surface area (Å²) < 4.78 is 5.70. The summed E-state index contributed by atoms with van der Waals surface area (Å²) in [6.07, 6.45) is 9.20. The number of ether oxygens (including phenoxy) is 1. The Morgan fingerprint density at radius 3 is 2.42 bits per heavy atom. The highest BCUT2D eigenvalue weighted by molar-refractivity contribution is 7.64. The Labute approximate surface area is 158 Å². The van der Waals surface area contributed by atoms with Crippen molar-refractivity contribution in [1.82, 2.24) is 0 Å². The third-order valence-corrected chi connectivity index (χ3v) is 6.02. The van der Waals surface area contributed by atoms with Crippen molar-refractivity contribution in [3.8, 4) is 5.75 Å². The molecule has 0 spiro atoms. The predicted molar refractivity (Wildman–Crippen MR) is 104 cm³/mol. The highest BCUT2D eigenvalue weighted by Gasteiger charge is 2.23. The molecule has 7 heteroatoms. The van der Waals surface area contributed by atoms with Gasteiger partial charge in [0.15, 0.2) is 0 Å². The summed E-state index contributed by atoms with van der Waals surface area (Å²) in [4.78, 5) is 10.5. The van der Waals surface area contributed by atoms with Crippen LogP contribution in [0.3, 0.4) is 0 Å². The Morgan fingerprint density at radius 2 is 1.75 bits per heavy atom. The normalized spacial score (nSPS) is 11.8. The highest BCUT2D eigenvalue weighted by Crippen LogP contribution is 2.27. The average molecular weight is 410 g/mol. The third-order valence-electron chi connectivity index (χ3n) is 3.40. The van der Waals surface area contributed by atoms with Crippen molar-refractivity contribution in [2.75, 3.05) is 6.61 Å². The number of carboxylic acids is 1. The topological polar surface area (TPSA) is 46.5 Å². The van der Waals surface area contributed by atoms with Gasteiger partial charge in [0.25, 0.3) is 0 Å². The van der Waals surface area contributed by atoms with Crippen LogP contribution in [0.25, 0.3) is 6.08 Å². The molecule has 1 aromatic rings. The molecule has 0 radical (unpaired) electrons. The van der Waals surface area contributed by atoms with Crippen LogP contribution in [0.5, 0.6) is 5.75 Å². The molecule has 1 rings (SSSR count). The van der Waals surface area contributed by atoms with E-state index in [0.717, 1.165) is 62.0 Å². The third kappa shape index (κ3) is 11.8. The maximum Gasteiger partial charge on any atom is 0.341 e. The fourth-order valence-corrected chi connectivity index (χ4v) is 4.05. The van der Waals surface area contributed by atoms with E-state index in [1.54, 1.807) is 6.08 Å². The number of rotatable bonds is 12. The van der Waals surface area contributed by atoms with E-state index in [2.05, 4.69) is 0 Å². The summed E-state index contributed by atoms with van der Waals surface area (Å²) in [6, 6.07) is 5.71. The van der Waals surface area contributed by atoms with Crippen LogP contribution in [-0.4, -0.2) is 23.7 Å². The monoisotopic (exact) mass is 408 g/mol. The summed E-state index contributed by atoms with van der Waals surface area (Å²) >= 11 is 17.5. The van der Waals surface area contributed by atoms with Gasteiger partial charge in [-0.3, -0.25) is 0 Å². The fraction of sp³-hybridized carbons (Fsp3) is 0.471. The molecule has 0 atom stereocenters. The first-order valence-electron chi connectivity index (χ1n) is 8.07. The van der Waals surface area contributed by atoms with Crippen molar-refractivity contribution in [2.45, 2.75) is 44.6 Å². The Balaban J connectivity index is 2.11. The molecule has 3 nitrogen and oxygen atoms in total. The Bertz CT molecular complexity index is 530. The van der Waals surface area contributed by atoms with Crippen molar-refractivity contribution in [1.29, 1.82) is 0 Å².